The molecule has 3 N–H and O–H groups in total. The minimum atomic E-state index is -0.374. The highest BCUT2D eigenvalue weighted by Gasteiger charge is 2.13. The molecule has 0 aliphatic rings. The number of amides is 2. The van der Waals surface area contributed by atoms with Gasteiger partial charge in [0.25, 0.3) is 11.8 Å². The summed E-state index contributed by atoms with van der Waals surface area (Å²) in [5.41, 5.74) is 1.32. The topological polar surface area (TPSA) is 79.5 Å². The summed E-state index contributed by atoms with van der Waals surface area (Å²) in [6, 6.07) is 13.3. The standard InChI is InChI=1S/C18H18ClN3O3S/c1-25-11-10-20-17(24)14-4-2-3-5-15(14)21-18(26)22-16(23)12-6-8-13(19)9-7-12/h2-9H,10-11H2,1H3,(H,20,24)(H2,21,22,23,26). The molecular formula is C18H18ClN3O3S. The van der Waals surface area contributed by atoms with Crippen LogP contribution in [0.2, 0.25) is 5.02 Å². The molecule has 0 atom stereocenters. The van der Waals surface area contributed by atoms with Crippen LogP contribution >= 0.6 is 23.8 Å². The van der Waals surface area contributed by atoms with Crippen LogP contribution in [-0.2, 0) is 4.74 Å². The number of anilines is 1. The van der Waals surface area contributed by atoms with Crippen molar-refractivity contribution in [2.45, 2.75) is 0 Å². The van der Waals surface area contributed by atoms with Crippen molar-refractivity contribution in [3.63, 3.8) is 0 Å². The van der Waals surface area contributed by atoms with Crippen molar-refractivity contribution in [1.29, 1.82) is 0 Å². The minimum Gasteiger partial charge on any atom is -0.383 e. The van der Waals surface area contributed by atoms with Crippen LogP contribution < -0.4 is 16.0 Å². The Labute approximate surface area is 161 Å². The zero-order chi connectivity index (χ0) is 18.9. The first-order chi connectivity index (χ1) is 12.5. The van der Waals surface area contributed by atoms with Crippen LogP contribution in [0.15, 0.2) is 48.5 Å². The highest BCUT2D eigenvalue weighted by atomic mass is 35.5. The van der Waals surface area contributed by atoms with E-state index >= 15 is 0 Å². The van der Waals surface area contributed by atoms with Gasteiger partial charge >= 0.3 is 0 Å². The average Bonchev–Trinajstić information content (AvgIpc) is 2.62. The van der Waals surface area contributed by atoms with Gasteiger partial charge in [0.05, 0.1) is 17.9 Å². The van der Waals surface area contributed by atoms with E-state index in [1.807, 2.05) is 0 Å². The Morgan fingerprint density at radius 2 is 1.77 bits per heavy atom. The van der Waals surface area contributed by atoms with Gasteiger partial charge in [0.15, 0.2) is 5.11 Å². The van der Waals surface area contributed by atoms with E-state index < -0.39 is 0 Å². The number of carbonyl (C=O) groups excluding carboxylic acids is 2. The zero-order valence-electron chi connectivity index (χ0n) is 14.0. The lowest BCUT2D eigenvalue weighted by atomic mass is 10.1. The summed E-state index contributed by atoms with van der Waals surface area (Å²) in [7, 11) is 1.56. The van der Waals surface area contributed by atoms with Crippen LogP contribution in [0.25, 0.3) is 0 Å². The Morgan fingerprint density at radius 1 is 1.08 bits per heavy atom. The molecule has 26 heavy (non-hydrogen) atoms. The highest BCUT2D eigenvalue weighted by Crippen LogP contribution is 2.15. The predicted octanol–water partition coefficient (Wildman–Crippen LogP) is 2.84. The lowest BCUT2D eigenvalue weighted by molar-refractivity contribution is 0.0937. The second-order valence-corrected chi connectivity index (χ2v) is 6.05. The molecule has 0 bridgehead atoms. The van der Waals surface area contributed by atoms with Crippen LogP contribution in [0.1, 0.15) is 20.7 Å². The monoisotopic (exact) mass is 391 g/mol. The molecule has 0 spiro atoms. The van der Waals surface area contributed by atoms with Gasteiger partial charge in [-0.3, -0.25) is 14.9 Å². The van der Waals surface area contributed by atoms with Crippen LogP contribution in [0.3, 0.4) is 0 Å². The molecule has 0 fully saturated rings. The van der Waals surface area contributed by atoms with Gasteiger partial charge in [-0.05, 0) is 48.6 Å². The summed E-state index contributed by atoms with van der Waals surface area (Å²) in [4.78, 5) is 24.4. The second kappa shape index (κ2) is 9.86. The molecule has 0 unspecified atom stereocenters. The minimum absolute atomic E-state index is 0.0853. The summed E-state index contributed by atoms with van der Waals surface area (Å²) in [6.07, 6.45) is 0. The van der Waals surface area contributed by atoms with Gasteiger partial charge in [-0.2, -0.15) is 0 Å². The van der Waals surface area contributed by atoms with E-state index in [0.29, 0.717) is 35.0 Å². The number of halogens is 1. The van der Waals surface area contributed by atoms with Crippen molar-refractivity contribution in [3.8, 4) is 0 Å². The first kappa shape index (κ1) is 19.8. The number of ether oxygens (including phenoxy) is 1. The fourth-order valence-corrected chi connectivity index (χ4v) is 2.41. The first-order valence-corrected chi connectivity index (χ1v) is 8.54. The number of rotatable bonds is 6. The number of benzene rings is 2. The zero-order valence-corrected chi connectivity index (χ0v) is 15.6. The third kappa shape index (κ3) is 5.80. The molecule has 2 aromatic rings. The summed E-state index contributed by atoms with van der Waals surface area (Å²) in [6.45, 7) is 0.804. The normalized spacial score (nSPS) is 10.1. The molecule has 0 aliphatic carbocycles. The van der Waals surface area contributed by atoms with Crippen LogP contribution in [-0.4, -0.2) is 37.2 Å². The van der Waals surface area contributed by atoms with Crippen molar-refractivity contribution < 1.29 is 14.3 Å². The van der Waals surface area contributed by atoms with Gasteiger partial charge in [-0.15, -0.1) is 0 Å². The number of thiocarbonyl (C=S) groups is 1. The molecule has 2 aromatic carbocycles. The van der Waals surface area contributed by atoms with Gasteiger partial charge in [-0.25, -0.2) is 0 Å². The van der Waals surface area contributed by atoms with Crippen LogP contribution in [0.4, 0.5) is 5.69 Å². The molecule has 0 radical (unpaired) electrons. The molecule has 0 aromatic heterocycles. The van der Waals surface area contributed by atoms with Crippen LogP contribution in [0.5, 0.6) is 0 Å². The molecule has 0 saturated carbocycles. The van der Waals surface area contributed by atoms with Crippen molar-refractivity contribution in [3.05, 3.63) is 64.7 Å². The Balaban J connectivity index is 2.01. The maximum Gasteiger partial charge on any atom is 0.257 e. The lowest BCUT2D eigenvalue weighted by Gasteiger charge is -2.13. The third-order valence-corrected chi connectivity index (χ3v) is 3.80. The predicted molar refractivity (Wildman–Crippen MR) is 106 cm³/mol. The van der Waals surface area contributed by atoms with E-state index in [9.17, 15) is 9.59 Å². The van der Waals surface area contributed by atoms with Crippen LogP contribution in [0, 0.1) is 0 Å². The van der Waals surface area contributed by atoms with E-state index in [4.69, 9.17) is 28.6 Å². The highest BCUT2D eigenvalue weighted by molar-refractivity contribution is 7.80. The van der Waals surface area contributed by atoms with Crippen molar-refractivity contribution in [2.24, 2.45) is 0 Å². The molecule has 0 saturated heterocycles. The van der Waals surface area contributed by atoms with Gasteiger partial charge in [0.2, 0.25) is 0 Å². The number of methoxy groups -OCH3 is 1. The SMILES string of the molecule is COCCNC(=O)c1ccccc1NC(=S)NC(=O)c1ccc(Cl)cc1. The van der Waals surface area contributed by atoms with E-state index in [1.54, 1.807) is 55.6 Å². The summed E-state index contributed by atoms with van der Waals surface area (Å²) < 4.78 is 4.91. The van der Waals surface area contributed by atoms with Gasteiger partial charge < -0.3 is 15.4 Å². The Kier molecular flexibility index (Phi) is 7.53. The average molecular weight is 392 g/mol. The quantitative estimate of drug-likeness (QED) is 0.521. The molecule has 8 heteroatoms. The van der Waals surface area contributed by atoms with E-state index in [2.05, 4.69) is 16.0 Å². The van der Waals surface area contributed by atoms with Gasteiger partial charge in [0, 0.05) is 24.2 Å². The molecular weight excluding hydrogens is 374 g/mol. The van der Waals surface area contributed by atoms with E-state index in [1.165, 1.54) is 0 Å². The first-order valence-electron chi connectivity index (χ1n) is 7.75. The fourth-order valence-electron chi connectivity index (χ4n) is 2.08. The van der Waals surface area contributed by atoms with Crippen molar-refractivity contribution >= 4 is 46.4 Å². The lowest BCUT2D eigenvalue weighted by Crippen LogP contribution is -2.35. The largest absolute Gasteiger partial charge is 0.383 e. The Morgan fingerprint density at radius 3 is 2.46 bits per heavy atom. The Hall–Kier alpha value is -2.48. The smallest absolute Gasteiger partial charge is 0.257 e. The molecule has 6 nitrogen and oxygen atoms in total. The number of carbonyl (C=O) groups is 2. The fraction of sp³-hybridized carbons (Fsp3) is 0.167. The number of hydrogen-bond donors (Lipinski definition) is 3. The van der Waals surface area contributed by atoms with Crippen molar-refractivity contribution in [1.82, 2.24) is 10.6 Å². The second-order valence-electron chi connectivity index (χ2n) is 5.21. The maximum absolute atomic E-state index is 12.2. The molecule has 0 aliphatic heterocycles. The Bertz CT molecular complexity index is 797. The third-order valence-electron chi connectivity index (χ3n) is 3.35. The van der Waals surface area contributed by atoms with E-state index in [0.717, 1.165) is 0 Å². The molecule has 2 rings (SSSR count). The van der Waals surface area contributed by atoms with E-state index in [-0.39, 0.29) is 16.9 Å². The number of para-hydroxylation sites is 1. The maximum atomic E-state index is 12.2. The number of nitrogens with one attached hydrogen (secondary N) is 3. The van der Waals surface area contributed by atoms with Gasteiger partial charge in [-0.1, -0.05) is 23.7 Å². The van der Waals surface area contributed by atoms with Gasteiger partial charge in [0.1, 0.15) is 0 Å². The molecule has 136 valence electrons. The summed E-state index contributed by atoms with van der Waals surface area (Å²) in [5.74, 6) is -0.641. The summed E-state index contributed by atoms with van der Waals surface area (Å²) in [5, 5.41) is 8.81. The molecule has 0 heterocycles. The van der Waals surface area contributed by atoms with Crippen molar-refractivity contribution in [2.75, 3.05) is 25.6 Å². The molecule has 2 amide bonds. The summed E-state index contributed by atoms with van der Waals surface area (Å²) >= 11 is 11.0. The number of hydrogen-bond acceptors (Lipinski definition) is 4.